The number of nitrogens with one attached hydrogen (secondary N) is 1. The molecule has 96 valence electrons. The van der Waals surface area contributed by atoms with E-state index < -0.39 is 0 Å². The highest BCUT2D eigenvalue weighted by Crippen LogP contribution is 2.11. The van der Waals surface area contributed by atoms with Crippen LogP contribution in [-0.4, -0.2) is 14.6 Å². The van der Waals surface area contributed by atoms with E-state index in [2.05, 4.69) is 27.5 Å². The number of hydrogen-bond acceptors (Lipinski definition) is 3. The molecular weight excluding hydrogens is 260 g/mol. The summed E-state index contributed by atoms with van der Waals surface area (Å²) in [5.41, 5.74) is 3.15. The van der Waals surface area contributed by atoms with Crippen LogP contribution < -0.4 is 5.32 Å². The van der Waals surface area contributed by atoms with Gasteiger partial charge >= 0.3 is 0 Å². The quantitative estimate of drug-likeness (QED) is 0.742. The number of benzene rings is 1. The smallest absolute Gasteiger partial charge is 0.157 e. The number of anilines is 1. The second-order valence-electron chi connectivity index (χ2n) is 4.25. The van der Waals surface area contributed by atoms with E-state index in [0.29, 0.717) is 5.88 Å². The van der Waals surface area contributed by atoms with Crippen LogP contribution in [0.25, 0.3) is 5.65 Å². The summed E-state index contributed by atoms with van der Waals surface area (Å²) in [5, 5.41) is 7.41. The molecule has 3 aromatic rings. The minimum Gasteiger partial charge on any atom is -0.366 e. The van der Waals surface area contributed by atoms with Crippen LogP contribution in [0.4, 0.5) is 5.82 Å². The van der Waals surface area contributed by atoms with Gasteiger partial charge in [0.25, 0.3) is 0 Å². The Morgan fingerprint density at radius 3 is 2.95 bits per heavy atom. The fraction of sp³-hybridized carbons (Fsp3) is 0.143. The summed E-state index contributed by atoms with van der Waals surface area (Å²) in [7, 11) is 0. The lowest BCUT2D eigenvalue weighted by molar-refractivity contribution is 0.936. The maximum Gasteiger partial charge on any atom is 0.157 e. The second kappa shape index (κ2) is 5.28. The summed E-state index contributed by atoms with van der Waals surface area (Å²) >= 11 is 5.83. The van der Waals surface area contributed by atoms with Gasteiger partial charge in [-0.1, -0.05) is 24.3 Å². The summed E-state index contributed by atoms with van der Waals surface area (Å²) in [5.74, 6) is 1.37. The Labute approximate surface area is 116 Å². The normalized spacial score (nSPS) is 10.8. The Bertz CT molecular complexity index is 692. The minimum atomic E-state index is 0.536. The molecule has 0 spiro atoms. The van der Waals surface area contributed by atoms with E-state index in [9.17, 15) is 0 Å². The zero-order chi connectivity index (χ0) is 13.1. The topological polar surface area (TPSA) is 42.2 Å². The molecule has 0 atom stereocenters. The first-order valence-corrected chi connectivity index (χ1v) is 6.57. The molecule has 0 aliphatic rings. The first kappa shape index (κ1) is 12.0. The fourth-order valence-corrected chi connectivity index (χ4v) is 2.09. The molecule has 3 rings (SSSR count). The molecule has 0 saturated heterocycles. The molecule has 1 aromatic carbocycles. The Hall–Kier alpha value is -2.07. The van der Waals surface area contributed by atoms with Crippen molar-refractivity contribution in [3.05, 3.63) is 59.9 Å². The lowest BCUT2D eigenvalue weighted by Gasteiger charge is -2.07. The van der Waals surface area contributed by atoms with E-state index >= 15 is 0 Å². The molecule has 0 saturated carbocycles. The number of rotatable bonds is 4. The number of halogens is 1. The third-order valence-electron chi connectivity index (χ3n) is 2.88. The maximum atomic E-state index is 5.83. The van der Waals surface area contributed by atoms with Crippen LogP contribution >= 0.6 is 11.6 Å². The molecule has 0 amide bonds. The van der Waals surface area contributed by atoms with Gasteiger partial charge in [-0.25, -0.2) is 9.50 Å². The monoisotopic (exact) mass is 272 g/mol. The van der Waals surface area contributed by atoms with Gasteiger partial charge in [-0.3, -0.25) is 0 Å². The third-order valence-corrected chi connectivity index (χ3v) is 3.19. The lowest BCUT2D eigenvalue weighted by atomic mass is 10.1. The van der Waals surface area contributed by atoms with E-state index in [1.807, 2.05) is 30.5 Å². The second-order valence-corrected chi connectivity index (χ2v) is 4.52. The van der Waals surface area contributed by atoms with Crippen molar-refractivity contribution >= 4 is 23.1 Å². The molecule has 2 aromatic heterocycles. The van der Waals surface area contributed by atoms with Crippen LogP contribution in [0.1, 0.15) is 11.1 Å². The van der Waals surface area contributed by atoms with Crippen molar-refractivity contribution in [2.75, 3.05) is 5.32 Å². The van der Waals surface area contributed by atoms with Crippen LogP contribution in [0, 0.1) is 0 Å². The van der Waals surface area contributed by atoms with Gasteiger partial charge in [-0.15, -0.1) is 11.6 Å². The molecule has 5 heteroatoms. The molecule has 0 aliphatic carbocycles. The number of nitrogens with zero attached hydrogens (tertiary/aromatic N) is 3. The van der Waals surface area contributed by atoms with Crippen LogP contribution in [0.5, 0.6) is 0 Å². The average Bonchev–Trinajstić information content (AvgIpc) is 2.93. The maximum absolute atomic E-state index is 5.83. The van der Waals surface area contributed by atoms with Gasteiger partial charge in [0.15, 0.2) is 5.65 Å². The SMILES string of the molecule is ClCc1cccc(CNc2ccn3nccc3n2)c1. The number of fused-ring (bicyclic) bond motifs is 1. The Balaban J connectivity index is 1.74. The fourth-order valence-electron chi connectivity index (χ4n) is 1.93. The van der Waals surface area contributed by atoms with Crippen molar-refractivity contribution in [2.24, 2.45) is 0 Å². The molecule has 4 nitrogen and oxygen atoms in total. The lowest BCUT2D eigenvalue weighted by Crippen LogP contribution is -2.02. The van der Waals surface area contributed by atoms with Crippen molar-refractivity contribution in [2.45, 2.75) is 12.4 Å². The molecule has 2 heterocycles. The largest absolute Gasteiger partial charge is 0.366 e. The summed E-state index contributed by atoms with van der Waals surface area (Å²) < 4.78 is 1.74. The molecule has 0 aliphatic heterocycles. The van der Waals surface area contributed by atoms with Crippen molar-refractivity contribution < 1.29 is 0 Å². The summed E-state index contributed by atoms with van der Waals surface area (Å²) in [6.45, 7) is 0.724. The van der Waals surface area contributed by atoms with Crippen LogP contribution in [0.15, 0.2) is 48.8 Å². The van der Waals surface area contributed by atoms with Crippen LogP contribution in [0.3, 0.4) is 0 Å². The average molecular weight is 273 g/mol. The van der Waals surface area contributed by atoms with Gasteiger partial charge in [0, 0.05) is 24.7 Å². The first-order valence-electron chi connectivity index (χ1n) is 6.03. The van der Waals surface area contributed by atoms with Crippen molar-refractivity contribution in [3.63, 3.8) is 0 Å². The van der Waals surface area contributed by atoms with E-state index in [1.165, 1.54) is 5.56 Å². The summed E-state index contributed by atoms with van der Waals surface area (Å²) in [6, 6.07) is 12.0. The van der Waals surface area contributed by atoms with Crippen LogP contribution in [-0.2, 0) is 12.4 Å². The first-order chi connectivity index (χ1) is 9.35. The molecule has 0 unspecified atom stereocenters. The number of alkyl halides is 1. The zero-order valence-electron chi connectivity index (χ0n) is 10.3. The van der Waals surface area contributed by atoms with Gasteiger partial charge in [-0.2, -0.15) is 5.10 Å². The van der Waals surface area contributed by atoms with E-state index in [0.717, 1.165) is 23.6 Å². The van der Waals surface area contributed by atoms with Gasteiger partial charge in [0.1, 0.15) is 5.82 Å². The highest BCUT2D eigenvalue weighted by Gasteiger charge is 1.99. The van der Waals surface area contributed by atoms with Crippen LogP contribution in [0.2, 0.25) is 0 Å². The van der Waals surface area contributed by atoms with Crippen molar-refractivity contribution in [1.29, 1.82) is 0 Å². The minimum absolute atomic E-state index is 0.536. The number of aromatic nitrogens is 3. The molecule has 0 radical (unpaired) electrons. The predicted octanol–water partition coefficient (Wildman–Crippen LogP) is 3.08. The highest BCUT2D eigenvalue weighted by atomic mass is 35.5. The Kier molecular flexibility index (Phi) is 3.33. The molecule has 0 fully saturated rings. The molecule has 19 heavy (non-hydrogen) atoms. The summed E-state index contributed by atoms with van der Waals surface area (Å²) in [4.78, 5) is 4.46. The zero-order valence-corrected chi connectivity index (χ0v) is 11.0. The van der Waals surface area contributed by atoms with Crippen molar-refractivity contribution in [3.8, 4) is 0 Å². The molecular formula is C14H13ClN4. The standard InChI is InChI=1S/C14H13ClN4/c15-9-11-2-1-3-12(8-11)10-16-13-5-7-19-14(18-13)4-6-17-19/h1-8H,9-10H2,(H,16,18). The van der Waals surface area contributed by atoms with Gasteiger partial charge in [0.05, 0.1) is 6.20 Å². The predicted molar refractivity (Wildman–Crippen MR) is 76.3 cm³/mol. The molecule has 1 N–H and O–H groups in total. The van der Waals surface area contributed by atoms with Gasteiger partial charge in [-0.05, 0) is 17.2 Å². The Morgan fingerprint density at radius 1 is 1.16 bits per heavy atom. The third kappa shape index (κ3) is 2.69. The van der Waals surface area contributed by atoms with E-state index in [1.54, 1.807) is 10.7 Å². The van der Waals surface area contributed by atoms with E-state index in [-0.39, 0.29) is 0 Å². The summed E-state index contributed by atoms with van der Waals surface area (Å²) in [6.07, 6.45) is 3.62. The highest BCUT2D eigenvalue weighted by molar-refractivity contribution is 6.17. The van der Waals surface area contributed by atoms with Crippen molar-refractivity contribution in [1.82, 2.24) is 14.6 Å². The number of hydrogen-bond donors (Lipinski definition) is 1. The van der Waals surface area contributed by atoms with Gasteiger partial charge in [0.2, 0.25) is 0 Å². The molecule has 0 bridgehead atoms. The Morgan fingerprint density at radius 2 is 2.05 bits per heavy atom. The van der Waals surface area contributed by atoms with Gasteiger partial charge < -0.3 is 5.32 Å². The van der Waals surface area contributed by atoms with E-state index in [4.69, 9.17) is 11.6 Å².